The van der Waals surface area contributed by atoms with Gasteiger partial charge < -0.3 is 24.7 Å². The number of halogens is 3. The van der Waals surface area contributed by atoms with Crippen LogP contribution in [-0.2, 0) is 22.9 Å². The van der Waals surface area contributed by atoms with Crippen molar-refractivity contribution in [2.45, 2.75) is 25.1 Å². The number of aromatic nitrogens is 1. The topological polar surface area (TPSA) is 108 Å². The molecule has 1 aliphatic heterocycles. The van der Waals surface area contributed by atoms with Crippen molar-refractivity contribution in [3.05, 3.63) is 58.6 Å². The van der Waals surface area contributed by atoms with E-state index < -0.39 is 29.8 Å². The molecule has 1 saturated heterocycles. The van der Waals surface area contributed by atoms with Crippen molar-refractivity contribution in [1.82, 2.24) is 4.98 Å². The number of alkyl halides is 3. The molecule has 0 aliphatic carbocycles. The van der Waals surface area contributed by atoms with Crippen LogP contribution in [-0.4, -0.2) is 35.8 Å². The van der Waals surface area contributed by atoms with Crippen LogP contribution >= 0.6 is 0 Å². The molecule has 31 heavy (non-hydrogen) atoms. The van der Waals surface area contributed by atoms with Crippen LogP contribution in [0.4, 0.5) is 13.2 Å². The molecule has 1 aromatic carbocycles. The lowest BCUT2D eigenvalue weighted by atomic mass is 9.76. The summed E-state index contributed by atoms with van der Waals surface area (Å²) in [5.41, 5.74) is 4.36. The molecule has 3 aromatic rings. The standard InChI is InChI=1S/C21H19F3N2O5/c1-11-15(19(25)28)16-13(31-11)4-5-14(17(16)20(8-27)9-29-10-20)30-7-12-3-2-6-26-18(12)21(22,23)24/h2-6,27H,7-10H2,1H3,(H2,25,28). The first-order valence-electron chi connectivity index (χ1n) is 9.37. The normalized spacial score (nSPS) is 15.6. The molecule has 7 nitrogen and oxygen atoms in total. The van der Waals surface area contributed by atoms with Gasteiger partial charge in [-0.15, -0.1) is 0 Å². The smallest absolute Gasteiger partial charge is 0.433 e. The van der Waals surface area contributed by atoms with Crippen LogP contribution < -0.4 is 10.5 Å². The lowest BCUT2D eigenvalue weighted by molar-refractivity contribution is -0.142. The minimum Gasteiger partial charge on any atom is -0.488 e. The number of nitrogens with zero attached hydrogens (tertiary/aromatic N) is 1. The number of hydrogen-bond donors (Lipinski definition) is 2. The molecule has 1 fully saturated rings. The summed E-state index contributed by atoms with van der Waals surface area (Å²) in [5.74, 6) is -0.236. The number of carbonyl (C=O) groups is 1. The average Bonchev–Trinajstić information content (AvgIpc) is 3.02. The molecule has 0 saturated carbocycles. The second-order valence-electron chi connectivity index (χ2n) is 7.44. The molecule has 2 aromatic heterocycles. The van der Waals surface area contributed by atoms with Gasteiger partial charge in [0, 0.05) is 22.7 Å². The van der Waals surface area contributed by atoms with Gasteiger partial charge in [-0.3, -0.25) is 9.78 Å². The van der Waals surface area contributed by atoms with Crippen LogP contribution in [0.2, 0.25) is 0 Å². The van der Waals surface area contributed by atoms with Crippen molar-refractivity contribution in [3.63, 3.8) is 0 Å². The molecule has 164 valence electrons. The molecule has 3 N–H and O–H groups in total. The largest absolute Gasteiger partial charge is 0.488 e. The quantitative estimate of drug-likeness (QED) is 0.615. The predicted octanol–water partition coefficient (Wildman–Crippen LogP) is 3.09. The summed E-state index contributed by atoms with van der Waals surface area (Å²) in [6.45, 7) is 1.11. The highest BCUT2D eigenvalue weighted by molar-refractivity contribution is 6.08. The summed E-state index contributed by atoms with van der Waals surface area (Å²) in [4.78, 5) is 15.5. The summed E-state index contributed by atoms with van der Waals surface area (Å²) in [7, 11) is 0. The van der Waals surface area contributed by atoms with Crippen molar-refractivity contribution >= 4 is 16.9 Å². The third kappa shape index (κ3) is 3.51. The van der Waals surface area contributed by atoms with Crippen LogP contribution in [0, 0.1) is 6.92 Å². The van der Waals surface area contributed by atoms with Crippen molar-refractivity contribution in [3.8, 4) is 5.75 Å². The van der Waals surface area contributed by atoms with Gasteiger partial charge in [0.2, 0.25) is 0 Å². The zero-order chi connectivity index (χ0) is 22.4. The molecule has 10 heteroatoms. The van der Waals surface area contributed by atoms with Gasteiger partial charge in [0.15, 0.2) is 5.69 Å². The Hall–Kier alpha value is -3.11. The van der Waals surface area contributed by atoms with E-state index in [0.717, 1.165) is 6.20 Å². The Balaban J connectivity index is 1.84. The maximum atomic E-state index is 13.3. The van der Waals surface area contributed by atoms with Gasteiger partial charge in [0.25, 0.3) is 5.91 Å². The summed E-state index contributed by atoms with van der Waals surface area (Å²) >= 11 is 0. The zero-order valence-corrected chi connectivity index (χ0v) is 16.5. The number of furan rings is 1. The minimum atomic E-state index is -4.64. The van der Waals surface area contributed by atoms with Crippen molar-refractivity contribution < 1.29 is 37.0 Å². The molecular weight excluding hydrogens is 417 g/mol. The Morgan fingerprint density at radius 2 is 2.06 bits per heavy atom. The fourth-order valence-electron chi connectivity index (χ4n) is 3.86. The summed E-state index contributed by atoms with van der Waals surface area (Å²) < 4.78 is 56.6. The summed E-state index contributed by atoms with van der Waals surface area (Å²) in [5, 5.41) is 10.5. The highest BCUT2D eigenvalue weighted by atomic mass is 19.4. The van der Waals surface area contributed by atoms with Gasteiger partial charge in [-0.25, -0.2) is 0 Å². The van der Waals surface area contributed by atoms with E-state index in [1.807, 2.05) is 0 Å². The van der Waals surface area contributed by atoms with Crippen LogP contribution in [0.25, 0.3) is 11.0 Å². The number of fused-ring (bicyclic) bond motifs is 1. The molecule has 0 bridgehead atoms. The minimum absolute atomic E-state index is 0.132. The summed E-state index contributed by atoms with van der Waals surface area (Å²) in [6, 6.07) is 5.74. The van der Waals surface area contributed by atoms with Crippen LogP contribution in [0.15, 0.2) is 34.9 Å². The Kier molecular flexibility index (Phi) is 5.14. The number of hydrogen-bond acceptors (Lipinski definition) is 6. The van der Waals surface area contributed by atoms with E-state index in [2.05, 4.69) is 4.98 Å². The second kappa shape index (κ2) is 7.54. The highest BCUT2D eigenvalue weighted by Crippen LogP contribution is 2.45. The predicted molar refractivity (Wildman–Crippen MR) is 103 cm³/mol. The van der Waals surface area contributed by atoms with Crippen molar-refractivity contribution in [2.24, 2.45) is 5.73 Å². The third-order valence-corrected chi connectivity index (χ3v) is 5.37. The maximum absolute atomic E-state index is 13.3. The molecule has 0 spiro atoms. The first kappa shape index (κ1) is 21.1. The number of amides is 1. The number of primary amides is 1. The molecule has 0 atom stereocenters. The van der Waals surface area contributed by atoms with Crippen LogP contribution in [0.1, 0.15) is 32.9 Å². The number of nitrogens with two attached hydrogens (primary N) is 1. The van der Waals surface area contributed by atoms with E-state index in [9.17, 15) is 23.1 Å². The van der Waals surface area contributed by atoms with Gasteiger partial charge in [-0.1, -0.05) is 6.07 Å². The molecular formula is C21H19F3N2O5. The molecule has 0 radical (unpaired) electrons. The fourth-order valence-corrected chi connectivity index (χ4v) is 3.86. The fraction of sp³-hybridized carbons (Fsp3) is 0.333. The summed E-state index contributed by atoms with van der Waals surface area (Å²) in [6.07, 6.45) is -3.58. The number of rotatable bonds is 6. The van der Waals surface area contributed by atoms with Crippen molar-refractivity contribution in [1.29, 1.82) is 0 Å². The zero-order valence-electron chi connectivity index (χ0n) is 16.5. The second-order valence-corrected chi connectivity index (χ2v) is 7.44. The Bertz CT molecular complexity index is 1150. The molecule has 0 unspecified atom stereocenters. The molecule has 1 amide bonds. The number of aliphatic hydroxyl groups excluding tert-OH is 1. The number of benzene rings is 1. The first-order chi connectivity index (χ1) is 14.7. The van der Waals surface area contributed by atoms with Crippen LogP contribution in [0.3, 0.4) is 0 Å². The monoisotopic (exact) mass is 436 g/mol. The number of aliphatic hydroxyl groups is 1. The van der Waals surface area contributed by atoms with Crippen LogP contribution in [0.5, 0.6) is 5.75 Å². The van der Waals surface area contributed by atoms with E-state index in [1.54, 1.807) is 13.0 Å². The van der Waals surface area contributed by atoms with Gasteiger partial charge in [-0.05, 0) is 25.1 Å². The van der Waals surface area contributed by atoms with E-state index in [4.69, 9.17) is 19.6 Å². The SMILES string of the molecule is Cc1oc2ccc(OCc3cccnc3C(F)(F)F)c(C3(CO)COC3)c2c1C(N)=O. The maximum Gasteiger partial charge on any atom is 0.433 e. The Morgan fingerprint density at radius 1 is 1.32 bits per heavy atom. The molecule has 3 heterocycles. The highest BCUT2D eigenvalue weighted by Gasteiger charge is 2.45. The third-order valence-electron chi connectivity index (χ3n) is 5.37. The Labute approximate surface area is 174 Å². The lowest BCUT2D eigenvalue weighted by Crippen LogP contribution is -2.50. The van der Waals surface area contributed by atoms with E-state index in [1.165, 1.54) is 18.2 Å². The van der Waals surface area contributed by atoms with Gasteiger partial charge >= 0.3 is 6.18 Å². The number of carbonyl (C=O) groups excluding carboxylic acids is 1. The number of ether oxygens (including phenoxy) is 2. The molecule has 4 rings (SSSR count). The Morgan fingerprint density at radius 3 is 2.65 bits per heavy atom. The molecule has 1 aliphatic rings. The van der Waals surface area contributed by atoms with Gasteiger partial charge in [-0.2, -0.15) is 13.2 Å². The van der Waals surface area contributed by atoms with Gasteiger partial charge in [0.1, 0.15) is 23.7 Å². The van der Waals surface area contributed by atoms with E-state index >= 15 is 0 Å². The van der Waals surface area contributed by atoms with Gasteiger partial charge in [0.05, 0.1) is 30.8 Å². The number of aryl methyl sites for hydroxylation is 1. The number of pyridine rings is 1. The first-order valence-corrected chi connectivity index (χ1v) is 9.37. The van der Waals surface area contributed by atoms with E-state index in [-0.39, 0.29) is 36.7 Å². The van der Waals surface area contributed by atoms with Crippen molar-refractivity contribution in [2.75, 3.05) is 19.8 Å². The average molecular weight is 436 g/mol. The van der Waals surface area contributed by atoms with E-state index in [0.29, 0.717) is 22.3 Å². The lowest BCUT2D eigenvalue weighted by Gasteiger charge is -2.41.